The van der Waals surface area contributed by atoms with Crippen molar-refractivity contribution in [3.8, 4) is 23.3 Å². The highest BCUT2D eigenvalue weighted by molar-refractivity contribution is 7.87. The maximum atomic E-state index is 12.7. The summed E-state index contributed by atoms with van der Waals surface area (Å²) in [5.41, 5.74) is -1.03. The topological polar surface area (TPSA) is 435 Å². The standard InChI is InChI=1S/C44H32Cl2N10O16S6/c1-3-4-38(57)49-23-7-5-22(6-8-23)39-31(20-48)43(73-44(39)56-53-26-13-28-29(34(16-26)75(61,62)63)17-27(74(58,59)60)18-35(28)76(64,65)66)55-54-40-21(2)30(19-47)41(50-24-9-11-32(45)36(14-24)77(67,68)69)52-42(40)51-25-10-12-33(46)37(15-25)78(70,71)72/h5-18H,3-4H2,1-2H3,(H,49,57)(H2,50,51,52)(H,58,59,60)(H,61,62,63)(H,64,65,66)(H,67,68,69)(H,70,71,72). The maximum absolute atomic E-state index is 12.7. The molecule has 0 saturated heterocycles. The van der Waals surface area contributed by atoms with Crippen molar-refractivity contribution in [1.29, 1.82) is 10.5 Å². The molecule has 404 valence electrons. The third kappa shape index (κ3) is 12.9. The van der Waals surface area contributed by atoms with Crippen LogP contribution < -0.4 is 16.0 Å². The lowest BCUT2D eigenvalue weighted by molar-refractivity contribution is -0.116. The van der Waals surface area contributed by atoms with E-state index >= 15 is 0 Å². The summed E-state index contributed by atoms with van der Waals surface area (Å²) in [7, 11) is -25.9. The average molecular weight is 1220 g/mol. The number of azo groups is 2. The Hall–Kier alpha value is -7.41. The van der Waals surface area contributed by atoms with Crippen LogP contribution >= 0.6 is 34.5 Å². The van der Waals surface area contributed by atoms with E-state index in [0.717, 1.165) is 30.3 Å². The van der Waals surface area contributed by atoms with E-state index in [9.17, 15) is 80.2 Å². The molecule has 5 aromatic carbocycles. The van der Waals surface area contributed by atoms with Gasteiger partial charge in [-0.25, -0.2) is 4.98 Å². The Labute approximate surface area is 456 Å². The molecular formula is C44H32Cl2N10O16S6. The van der Waals surface area contributed by atoms with E-state index in [4.69, 9.17) is 23.2 Å². The quantitative estimate of drug-likeness (QED) is 0.0310. The number of nitrogens with one attached hydrogen (secondary N) is 3. The molecule has 0 radical (unpaired) electrons. The van der Waals surface area contributed by atoms with Gasteiger partial charge in [-0.1, -0.05) is 53.6 Å². The zero-order chi connectivity index (χ0) is 57.4. The van der Waals surface area contributed by atoms with E-state index in [2.05, 4.69) is 41.4 Å². The Balaban J connectivity index is 1.45. The highest BCUT2D eigenvalue weighted by atomic mass is 35.5. The van der Waals surface area contributed by atoms with Gasteiger partial charge in [-0.05, 0) is 91.7 Å². The number of carbonyl (C=O) groups excluding carboxylic acids is 1. The Morgan fingerprint density at radius 1 is 0.603 bits per heavy atom. The van der Waals surface area contributed by atoms with Crippen LogP contribution in [0.15, 0.2) is 130 Å². The smallest absolute Gasteiger partial charge is 0.296 e. The van der Waals surface area contributed by atoms with Crippen LogP contribution in [0.5, 0.6) is 0 Å². The van der Waals surface area contributed by atoms with Gasteiger partial charge in [0.2, 0.25) is 5.91 Å². The second-order valence-electron chi connectivity index (χ2n) is 16.0. The molecule has 26 nitrogen and oxygen atoms in total. The van der Waals surface area contributed by atoms with Crippen LogP contribution in [0.1, 0.15) is 36.5 Å². The van der Waals surface area contributed by atoms with E-state index in [1.54, 1.807) is 6.92 Å². The van der Waals surface area contributed by atoms with Gasteiger partial charge in [-0.3, -0.25) is 27.6 Å². The van der Waals surface area contributed by atoms with Gasteiger partial charge in [0.05, 0.1) is 26.2 Å². The summed E-state index contributed by atoms with van der Waals surface area (Å²) in [6, 6.07) is 18.8. The SMILES string of the molecule is CCCC(=O)Nc1ccc(-c2c(N=Nc3cc(S(=O)(=O)O)c4cc(S(=O)(=O)O)cc(S(=O)(=O)O)c4c3)sc(N=Nc3c(Nc4ccc(Cl)c(S(=O)(=O)O)c4)nc(Nc4ccc(Cl)c(S(=O)(=O)O)c4)c(C#N)c3C)c2C#N)cc1. The molecule has 7 rings (SSSR count). The number of halogens is 2. The molecule has 8 N–H and O–H groups in total. The summed E-state index contributed by atoms with van der Waals surface area (Å²) >= 11 is 12.7. The van der Waals surface area contributed by atoms with Crippen molar-refractivity contribution in [3.05, 3.63) is 112 Å². The first kappa shape index (κ1) is 58.3. The number of nitriles is 2. The monoisotopic (exact) mass is 1220 g/mol. The summed E-state index contributed by atoms with van der Waals surface area (Å²) in [4.78, 5) is 11.8. The van der Waals surface area contributed by atoms with Crippen molar-refractivity contribution in [2.45, 2.75) is 51.2 Å². The van der Waals surface area contributed by atoms with Gasteiger partial charge < -0.3 is 16.0 Å². The Bertz CT molecular complexity index is 4430. The average Bonchev–Trinajstić information content (AvgIpc) is 3.73. The number of fused-ring (bicyclic) bond motifs is 1. The molecule has 0 fully saturated rings. The van der Waals surface area contributed by atoms with Crippen molar-refractivity contribution in [1.82, 2.24) is 4.98 Å². The molecule has 78 heavy (non-hydrogen) atoms. The van der Waals surface area contributed by atoms with Gasteiger partial charge in [-0.15, -0.1) is 20.5 Å². The maximum Gasteiger partial charge on any atom is 0.296 e. The number of amides is 1. The number of aromatic nitrogens is 1. The lowest BCUT2D eigenvalue weighted by Gasteiger charge is -2.16. The summed E-state index contributed by atoms with van der Waals surface area (Å²) in [6.07, 6.45) is 0.728. The van der Waals surface area contributed by atoms with Gasteiger partial charge in [0.15, 0.2) is 16.6 Å². The van der Waals surface area contributed by atoms with Gasteiger partial charge in [0, 0.05) is 45.4 Å². The van der Waals surface area contributed by atoms with Gasteiger partial charge in [0.25, 0.3) is 50.6 Å². The van der Waals surface area contributed by atoms with Crippen LogP contribution in [-0.2, 0) is 55.4 Å². The molecule has 0 aliphatic rings. The number of nitrogens with zero attached hydrogens (tertiary/aromatic N) is 7. The van der Waals surface area contributed by atoms with Crippen molar-refractivity contribution in [3.63, 3.8) is 0 Å². The zero-order valence-electron chi connectivity index (χ0n) is 39.1. The van der Waals surface area contributed by atoms with E-state index in [1.165, 1.54) is 43.3 Å². The fourth-order valence-electron chi connectivity index (χ4n) is 7.24. The number of anilines is 5. The third-order valence-corrected chi connectivity index (χ3v) is 16.9. The van der Waals surface area contributed by atoms with Crippen LogP contribution in [0.3, 0.4) is 0 Å². The molecular weight excluding hydrogens is 1190 g/mol. The molecule has 1 amide bonds. The predicted molar refractivity (Wildman–Crippen MR) is 283 cm³/mol. The van der Waals surface area contributed by atoms with E-state index in [0.29, 0.717) is 41.6 Å². The van der Waals surface area contributed by atoms with Crippen molar-refractivity contribution in [2.75, 3.05) is 16.0 Å². The van der Waals surface area contributed by atoms with Crippen molar-refractivity contribution in [2.24, 2.45) is 20.5 Å². The Kier molecular flexibility index (Phi) is 16.5. The first-order valence-electron chi connectivity index (χ1n) is 21.2. The number of carbonyl (C=O) groups is 1. The second kappa shape index (κ2) is 22.1. The van der Waals surface area contributed by atoms with E-state index in [1.807, 2.05) is 12.1 Å². The van der Waals surface area contributed by atoms with Crippen LogP contribution in [0.4, 0.5) is 50.1 Å². The molecule has 0 bridgehead atoms. The number of pyridine rings is 1. The van der Waals surface area contributed by atoms with E-state index in [-0.39, 0.29) is 88.9 Å². The molecule has 0 unspecified atom stereocenters. The van der Waals surface area contributed by atoms with Gasteiger partial charge in [-0.2, -0.15) is 52.6 Å². The minimum absolute atomic E-state index is 0.0241. The first-order chi connectivity index (χ1) is 36.3. The summed E-state index contributed by atoms with van der Waals surface area (Å²) in [5, 5.41) is 43.7. The largest absolute Gasteiger partial charge is 0.339 e. The number of thiophene rings is 1. The molecule has 2 heterocycles. The van der Waals surface area contributed by atoms with Crippen LogP contribution in [0, 0.1) is 29.6 Å². The highest BCUT2D eigenvalue weighted by Crippen LogP contribution is 2.49. The van der Waals surface area contributed by atoms with Crippen LogP contribution in [-0.4, -0.2) is 75.7 Å². The lowest BCUT2D eigenvalue weighted by Crippen LogP contribution is -2.10. The van der Waals surface area contributed by atoms with Gasteiger partial charge in [0.1, 0.15) is 48.0 Å². The van der Waals surface area contributed by atoms with Crippen molar-refractivity contribution >= 4 is 152 Å². The predicted octanol–water partition coefficient (Wildman–Crippen LogP) is 10.6. The number of benzene rings is 5. The summed E-state index contributed by atoms with van der Waals surface area (Å²) < 4.78 is 173. The molecule has 0 aliphatic carbocycles. The normalized spacial score (nSPS) is 12.4. The minimum Gasteiger partial charge on any atom is -0.339 e. The third-order valence-electron chi connectivity index (χ3n) is 10.7. The number of rotatable bonds is 17. The second-order valence-corrected chi connectivity index (χ2v) is 24.8. The van der Waals surface area contributed by atoms with Crippen LogP contribution in [0.2, 0.25) is 10.0 Å². The highest BCUT2D eigenvalue weighted by Gasteiger charge is 2.28. The molecule has 34 heteroatoms. The fraction of sp³-hybridized carbons (Fsp3) is 0.0909. The minimum atomic E-state index is -5.42. The summed E-state index contributed by atoms with van der Waals surface area (Å²) in [5.74, 6) is -0.916. The zero-order valence-corrected chi connectivity index (χ0v) is 45.5. The number of hydrogen-bond donors (Lipinski definition) is 8. The lowest BCUT2D eigenvalue weighted by atomic mass is 10.0. The van der Waals surface area contributed by atoms with Gasteiger partial charge >= 0.3 is 0 Å². The molecule has 0 aliphatic heterocycles. The fourth-order valence-corrected chi connectivity index (χ4v) is 12.2. The molecule has 0 saturated carbocycles. The molecule has 0 atom stereocenters. The Morgan fingerprint density at radius 3 is 1.62 bits per heavy atom. The molecule has 7 aromatic rings. The van der Waals surface area contributed by atoms with Crippen LogP contribution in [0.25, 0.3) is 21.9 Å². The first-order valence-corrected chi connectivity index (χ1v) is 30.0. The van der Waals surface area contributed by atoms with E-state index < -0.39 is 91.5 Å². The summed E-state index contributed by atoms with van der Waals surface area (Å²) in [6.45, 7) is 3.16. The van der Waals surface area contributed by atoms with Crippen molar-refractivity contribution < 1.29 is 69.6 Å². The molecule has 0 spiro atoms. The Morgan fingerprint density at radius 2 is 1.10 bits per heavy atom. The number of hydrogen-bond acceptors (Lipinski definition) is 21. The molecule has 2 aromatic heterocycles.